The normalized spacial score (nSPS) is 17.8. The van der Waals surface area contributed by atoms with Crippen LogP contribution in [-0.2, 0) is 30.2 Å². The Hall–Kier alpha value is -3.35. The van der Waals surface area contributed by atoms with Crippen molar-refractivity contribution in [3.63, 3.8) is 0 Å². The summed E-state index contributed by atoms with van der Waals surface area (Å²) in [5.41, 5.74) is 0.846. The van der Waals surface area contributed by atoms with E-state index in [1.165, 1.54) is 20.8 Å². The Morgan fingerprint density at radius 3 is 1.97 bits per heavy atom. The molecule has 1 fully saturated rings. The number of carbonyl (C=O) groups is 3. The average Bonchev–Trinajstić information content (AvgIpc) is 2.71. The first kappa shape index (κ1) is 25.3. The van der Waals surface area contributed by atoms with E-state index in [1.807, 2.05) is 54.6 Å². The summed E-state index contributed by atoms with van der Waals surface area (Å²) < 4.78 is 16.1. The molecule has 1 aliphatic rings. The SMILES string of the molecule is CC(C)(C)OC(=O)N[C@H](Cc1ccc(-c2ccccc2)cc1)CC1(C)C(=O)OC(C)(C)OC1=O. The van der Waals surface area contributed by atoms with Gasteiger partial charge in [0.1, 0.15) is 5.60 Å². The maximum Gasteiger partial charge on any atom is 0.407 e. The molecule has 2 aromatic carbocycles. The lowest BCUT2D eigenvalue weighted by Crippen LogP contribution is -2.55. The Kier molecular flexibility index (Phi) is 7.05. The van der Waals surface area contributed by atoms with Gasteiger partial charge in [0.25, 0.3) is 5.79 Å². The summed E-state index contributed by atoms with van der Waals surface area (Å²) in [5, 5.41) is 2.83. The molecule has 182 valence electrons. The maximum atomic E-state index is 12.8. The first-order chi connectivity index (χ1) is 15.8. The minimum atomic E-state index is -1.56. The number of cyclic esters (lactones) is 2. The number of alkyl carbamates (subject to hydrolysis) is 1. The molecule has 34 heavy (non-hydrogen) atoms. The molecule has 1 amide bonds. The van der Waals surface area contributed by atoms with E-state index in [2.05, 4.69) is 5.32 Å². The van der Waals surface area contributed by atoms with E-state index in [9.17, 15) is 14.4 Å². The summed E-state index contributed by atoms with van der Waals surface area (Å²) in [6.45, 7) is 9.80. The summed E-state index contributed by atoms with van der Waals surface area (Å²) in [4.78, 5) is 38.1. The van der Waals surface area contributed by atoms with Gasteiger partial charge in [0.15, 0.2) is 5.41 Å². The van der Waals surface area contributed by atoms with Gasteiger partial charge in [-0.2, -0.15) is 0 Å². The molecule has 1 heterocycles. The lowest BCUT2D eigenvalue weighted by atomic mass is 9.81. The van der Waals surface area contributed by atoms with Gasteiger partial charge in [0.2, 0.25) is 0 Å². The Morgan fingerprint density at radius 2 is 1.44 bits per heavy atom. The number of hydrogen-bond acceptors (Lipinski definition) is 6. The smallest absolute Gasteiger partial charge is 0.407 e. The van der Waals surface area contributed by atoms with Crippen molar-refractivity contribution in [1.29, 1.82) is 0 Å². The fourth-order valence-corrected chi connectivity index (χ4v) is 3.83. The first-order valence-corrected chi connectivity index (χ1v) is 11.4. The van der Waals surface area contributed by atoms with E-state index in [1.54, 1.807) is 20.8 Å². The third kappa shape index (κ3) is 6.37. The van der Waals surface area contributed by atoms with Gasteiger partial charge in [-0.25, -0.2) is 4.79 Å². The molecule has 1 N–H and O–H groups in total. The van der Waals surface area contributed by atoms with Crippen LogP contribution in [0.3, 0.4) is 0 Å². The molecule has 0 unspecified atom stereocenters. The monoisotopic (exact) mass is 467 g/mol. The van der Waals surface area contributed by atoms with Crippen molar-refractivity contribution in [3.05, 3.63) is 60.2 Å². The third-order valence-electron chi connectivity index (χ3n) is 5.50. The fraction of sp³-hybridized carbons (Fsp3) is 0.444. The van der Waals surface area contributed by atoms with E-state index in [4.69, 9.17) is 14.2 Å². The van der Waals surface area contributed by atoms with Gasteiger partial charge in [-0.3, -0.25) is 9.59 Å². The molecule has 0 aromatic heterocycles. The van der Waals surface area contributed by atoms with Crippen LogP contribution in [0.1, 0.15) is 53.5 Å². The Bertz CT molecular complexity index is 1020. The maximum absolute atomic E-state index is 12.8. The second kappa shape index (κ2) is 9.49. The van der Waals surface area contributed by atoms with E-state index in [0.29, 0.717) is 6.42 Å². The second-order valence-corrected chi connectivity index (χ2v) is 10.3. The molecule has 2 aromatic rings. The Morgan fingerprint density at radius 1 is 0.912 bits per heavy atom. The molecule has 3 rings (SSSR count). The Labute approximate surface area is 200 Å². The largest absolute Gasteiger partial charge is 0.444 e. The molecule has 7 heteroatoms. The van der Waals surface area contributed by atoms with E-state index < -0.39 is 40.9 Å². The molecule has 1 atom stereocenters. The summed E-state index contributed by atoms with van der Waals surface area (Å²) in [5.74, 6) is -2.68. The van der Waals surface area contributed by atoms with Crippen molar-refractivity contribution in [2.45, 2.75) is 71.8 Å². The van der Waals surface area contributed by atoms with Crippen LogP contribution in [0.4, 0.5) is 4.79 Å². The molecule has 7 nitrogen and oxygen atoms in total. The highest BCUT2D eigenvalue weighted by Gasteiger charge is 2.53. The fourth-order valence-electron chi connectivity index (χ4n) is 3.83. The van der Waals surface area contributed by atoms with Crippen LogP contribution in [0, 0.1) is 5.41 Å². The van der Waals surface area contributed by atoms with Crippen molar-refractivity contribution in [1.82, 2.24) is 5.32 Å². The van der Waals surface area contributed by atoms with Crippen LogP contribution in [0.15, 0.2) is 54.6 Å². The standard InChI is InChI=1S/C27H33NO6/c1-25(2,3)34-24(31)28-21(17-27(6)22(29)32-26(4,5)33-23(27)30)16-18-12-14-20(15-13-18)19-10-8-7-9-11-19/h7-15,21H,16-17H2,1-6H3,(H,28,31)/t21-/m1/s1. The average molecular weight is 468 g/mol. The van der Waals surface area contributed by atoms with E-state index in [0.717, 1.165) is 16.7 Å². The topological polar surface area (TPSA) is 90.9 Å². The zero-order chi connectivity index (χ0) is 25.1. The zero-order valence-electron chi connectivity index (χ0n) is 20.6. The highest BCUT2D eigenvalue weighted by molar-refractivity contribution is 6.01. The third-order valence-corrected chi connectivity index (χ3v) is 5.50. The van der Waals surface area contributed by atoms with Crippen LogP contribution in [0.5, 0.6) is 0 Å². The number of ether oxygens (including phenoxy) is 3. The van der Waals surface area contributed by atoms with Gasteiger partial charge in [-0.15, -0.1) is 0 Å². The molecule has 0 bridgehead atoms. The van der Waals surface area contributed by atoms with Crippen molar-refractivity contribution in [3.8, 4) is 11.1 Å². The van der Waals surface area contributed by atoms with E-state index >= 15 is 0 Å². The summed E-state index contributed by atoms with van der Waals surface area (Å²) in [7, 11) is 0. The molecular formula is C27H33NO6. The van der Waals surface area contributed by atoms with Crippen LogP contribution in [0.2, 0.25) is 0 Å². The summed E-state index contributed by atoms with van der Waals surface area (Å²) >= 11 is 0. The number of esters is 2. The van der Waals surface area contributed by atoms with E-state index in [-0.39, 0.29) is 6.42 Å². The van der Waals surface area contributed by atoms with Gasteiger partial charge in [0.05, 0.1) is 0 Å². The minimum Gasteiger partial charge on any atom is -0.444 e. The Balaban J connectivity index is 1.81. The lowest BCUT2D eigenvalue weighted by Gasteiger charge is -2.39. The van der Waals surface area contributed by atoms with Crippen LogP contribution >= 0.6 is 0 Å². The van der Waals surface area contributed by atoms with Gasteiger partial charge >= 0.3 is 18.0 Å². The quantitative estimate of drug-likeness (QED) is 0.474. The molecule has 1 saturated heterocycles. The van der Waals surface area contributed by atoms with Crippen molar-refractivity contribution >= 4 is 18.0 Å². The van der Waals surface area contributed by atoms with Gasteiger partial charge in [-0.1, -0.05) is 54.6 Å². The number of rotatable bonds is 6. The molecular weight excluding hydrogens is 434 g/mol. The van der Waals surface area contributed by atoms with Gasteiger partial charge in [-0.05, 0) is 57.2 Å². The summed E-state index contributed by atoms with van der Waals surface area (Å²) in [6, 6.07) is 17.4. The lowest BCUT2D eigenvalue weighted by molar-refractivity contribution is -0.250. The molecule has 1 aliphatic heterocycles. The van der Waals surface area contributed by atoms with Gasteiger partial charge in [0, 0.05) is 19.9 Å². The number of nitrogens with one attached hydrogen (secondary N) is 1. The van der Waals surface area contributed by atoms with Gasteiger partial charge < -0.3 is 19.5 Å². The molecule has 0 radical (unpaired) electrons. The predicted molar refractivity (Wildman–Crippen MR) is 128 cm³/mol. The zero-order valence-corrected chi connectivity index (χ0v) is 20.6. The highest BCUT2D eigenvalue weighted by Crippen LogP contribution is 2.36. The number of hydrogen-bond donors (Lipinski definition) is 1. The molecule has 0 aliphatic carbocycles. The summed E-state index contributed by atoms with van der Waals surface area (Å²) in [6.07, 6.45) is -0.242. The van der Waals surface area contributed by atoms with Crippen LogP contribution in [-0.4, -0.2) is 35.5 Å². The molecule has 0 spiro atoms. The van der Waals surface area contributed by atoms with Crippen LogP contribution in [0.25, 0.3) is 11.1 Å². The van der Waals surface area contributed by atoms with Crippen molar-refractivity contribution in [2.24, 2.45) is 5.41 Å². The number of amides is 1. The molecule has 0 saturated carbocycles. The number of carbonyl (C=O) groups excluding carboxylic acids is 3. The highest BCUT2D eigenvalue weighted by atomic mass is 16.7. The van der Waals surface area contributed by atoms with Crippen molar-refractivity contribution < 1.29 is 28.6 Å². The predicted octanol–water partition coefficient (Wildman–Crippen LogP) is 5.02. The number of benzene rings is 2. The minimum absolute atomic E-state index is 0.000423. The van der Waals surface area contributed by atoms with Crippen LogP contribution < -0.4 is 5.32 Å². The second-order valence-electron chi connectivity index (χ2n) is 10.3. The first-order valence-electron chi connectivity index (χ1n) is 11.4. The van der Waals surface area contributed by atoms with Crippen molar-refractivity contribution in [2.75, 3.05) is 0 Å².